The number of benzene rings is 1. The van der Waals surface area contributed by atoms with Crippen LogP contribution in [0.3, 0.4) is 0 Å². The molecule has 1 aliphatic heterocycles. The SMILES string of the molecule is c1ccc(C(CNCc2ccn[nH]2)N2CCCC2)cc1. The molecule has 4 heteroatoms. The lowest BCUT2D eigenvalue weighted by molar-refractivity contribution is 0.238. The minimum Gasteiger partial charge on any atom is -0.309 e. The lowest BCUT2D eigenvalue weighted by atomic mass is 10.1. The van der Waals surface area contributed by atoms with Crippen LogP contribution in [-0.4, -0.2) is 34.7 Å². The van der Waals surface area contributed by atoms with Crippen LogP contribution in [0.2, 0.25) is 0 Å². The van der Waals surface area contributed by atoms with E-state index in [1.54, 1.807) is 6.20 Å². The van der Waals surface area contributed by atoms with Crippen molar-refractivity contribution in [3.8, 4) is 0 Å². The molecule has 1 saturated heterocycles. The van der Waals surface area contributed by atoms with Gasteiger partial charge in [-0.3, -0.25) is 10.00 Å². The van der Waals surface area contributed by atoms with E-state index in [1.165, 1.54) is 31.5 Å². The maximum atomic E-state index is 3.98. The highest BCUT2D eigenvalue weighted by atomic mass is 15.2. The first-order valence-electron chi connectivity index (χ1n) is 7.41. The summed E-state index contributed by atoms with van der Waals surface area (Å²) in [6.45, 7) is 4.25. The van der Waals surface area contributed by atoms with E-state index in [-0.39, 0.29) is 0 Å². The molecule has 3 rings (SSSR count). The molecule has 1 atom stereocenters. The van der Waals surface area contributed by atoms with Crippen LogP contribution in [0.1, 0.15) is 30.1 Å². The van der Waals surface area contributed by atoms with Gasteiger partial charge >= 0.3 is 0 Å². The molecular weight excluding hydrogens is 248 g/mol. The van der Waals surface area contributed by atoms with Crippen molar-refractivity contribution in [1.82, 2.24) is 20.4 Å². The standard InChI is InChI=1S/C16H22N4/c1-2-6-14(7-3-1)16(20-10-4-5-11-20)13-17-12-15-8-9-18-19-15/h1-3,6-9,16-17H,4-5,10-13H2,(H,18,19). The third-order valence-electron chi connectivity index (χ3n) is 3.98. The lowest BCUT2D eigenvalue weighted by Crippen LogP contribution is -2.34. The summed E-state index contributed by atoms with van der Waals surface area (Å²) in [6.07, 6.45) is 4.44. The van der Waals surface area contributed by atoms with Crippen LogP contribution in [0.5, 0.6) is 0 Å². The van der Waals surface area contributed by atoms with Gasteiger partial charge in [-0.05, 0) is 37.6 Å². The molecule has 4 nitrogen and oxygen atoms in total. The van der Waals surface area contributed by atoms with Crippen molar-refractivity contribution in [2.75, 3.05) is 19.6 Å². The molecule has 0 spiro atoms. The summed E-state index contributed by atoms with van der Waals surface area (Å²) in [5.41, 5.74) is 2.55. The number of rotatable bonds is 6. The van der Waals surface area contributed by atoms with Gasteiger partial charge in [0.05, 0.1) is 0 Å². The summed E-state index contributed by atoms with van der Waals surface area (Å²) >= 11 is 0. The Kier molecular flexibility index (Phi) is 4.46. The summed E-state index contributed by atoms with van der Waals surface area (Å²) < 4.78 is 0. The number of aromatic nitrogens is 2. The number of hydrogen-bond acceptors (Lipinski definition) is 3. The minimum absolute atomic E-state index is 0.474. The highest BCUT2D eigenvalue weighted by molar-refractivity contribution is 5.19. The Hall–Kier alpha value is -1.65. The summed E-state index contributed by atoms with van der Waals surface area (Å²) in [4.78, 5) is 2.59. The molecule has 0 saturated carbocycles. The summed E-state index contributed by atoms with van der Waals surface area (Å²) in [5, 5.41) is 10.5. The predicted octanol–water partition coefficient (Wildman–Crippen LogP) is 2.34. The van der Waals surface area contributed by atoms with Crippen LogP contribution >= 0.6 is 0 Å². The minimum atomic E-state index is 0.474. The second-order valence-electron chi connectivity index (χ2n) is 5.38. The Bertz CT molecular complexity index is 488. The van der Waals surface area contributed by atoms with Crippen LogP contribution in [0.4, 0.5) is 0 Å². The first-order chi connectivity index (χ1) is 9.93. The van der Waals surface area contributed by atoms with Gasteiger partial charge in [0.15, 0.2) is 0 Å². The van der Waals surface area contributed by atoms with Crippen LogP contribution in [0.15, 0.2) is 42.6 Å². The number of nitrogens with one attached hydrogen (secondary N) is 2. The maximum Gasteiger partial charge on any atom is 0.0490 e. The zero-order chi connectivity index (χ0) is 13.6. The number of likely N-dealkylation sites (tertiary alicyclic amines) is 1. The molecule has 1 unspecified atom stereocenters. The van der Waals surface area contributed by atoms with Gasteiger partial charge in [-0.15, -0.1) is 0 Å². The first-order valence-corrected chi connectivity index (χ1v) is 7.41. The van der Waals surface area contributed by atoms with Gasteiger partial charge in [-0.25, -0.2) is 0 Å². The third kappa shape index (κ3) is 3.26. The molecule has 0 amide bonds. The number of nitrogens with zero attached hydrogens (tertiary/aromatic N) is 2. The van der Waals surface area contributed by atoms with Crippen molar-refractivity contribution in [3.05, 3.63) is 53.9 Å². The van der Waals surface area contributed by atoms with E-state index in [0.717, 1.165) is 18.8 Å². The zero-order valence-corrected chi connectivity index (χ0v) is 11.8. The average molecular weight is 270 g/mol. The molecule has 20 heavy (non-hydrogen) atoms. The highest BCUT2D eigenvalue weighted by Crippen LogP contribution is 2.24. The van der Waals surface area contributed by atoms with Crippen molar-refractivity contribution >= 4 is 0 Å². The second kappa shape index (κ2) is 6.68. The van der Waals surface area contributed by atoms with Crippen molar-refractivity contribution < 1.29 is 0 Å². The molecule has 2 N–H and O–H groups in total. The van der Waals surface area contributed by atoms with Crippen molar-refractivity contribution in [2.45, 2.75) is 25.4 Å². The van der Waals surface area contributed by atoms with Gasteiger partial charge in [0.25, 0.3) is 0 Å². The van der Waals surface area contributed by atoms with Crippen LogP contribution in [0.25, 0.3) is 0 Å². The molecule has 2 aromatic rings. The van der Waals surface area contributed by atoms with Crippen molar-refractivity contribution in [1.29, 1.82) is 0 Å². The molecular formula is C16H22N4. The van der Waals surface area contributed by atoms with Gasteiger partial charge in [-0.1, -0.05) is 30.3 Å². The van der Waals surface area contributed by atoms with Gasteiger partial charge in [0.1, 0.15) is 0 Å². The molecule has 106 valence electrons. The second-order valence-corrected chi connectivity index (χ2v) is 5.38. The fraction of sp³-hybridized carbons (Fsp3) is 0.438. The van der Waals surface area contributed by atoms with E-state index in [2.05, 4.69) is 50.7 Å². The molecule has 2 heterocycles. The molecule has 1 fully saturated rings. The van der Waals surface area contributed by atoms with Crippen LogP contribution in [-0.2, 0) is 6.54 Å². The van der Waals surface area contributed by atoms with Gasteiger partial charge < -0.3 is 5.32 Å². The van der Waals surface area contributed by atoms with E-state index in [1.807, 2.05) is 6.07 Å². The van der Waals surface area contributed by atoms with Gasteiger partial charge in [0.2, 0.25) is 0 Å². The molecule has 1 aliphatic rings. The Morgan fingerprint density at radius 1 is 1.15 bits per heavy atom. The average Bonchev–Trinajstić information content (AvgIpc) is 3.18. The normalized spacial score (nSPS) is 17.4. The summed E-state index contributed by atoms with van der Waals surface area (Å²) in [6, 6.07) is 13.3. The quantitative estimate of drug-likeness (QED) is 0.847. The topological polar surface area (TPSA) is 44.0 Å². The van der Waals surface area contributed by atoms with E-state index < -0.39 is 0 Å². The van der Waals surface area contributed by atoms with E-state index in [0.29, 0.717) is 6.04 Å². The molecule has 0 bridgehead atoms. The molecule has 1 aromatic heterocycles. The van der Waals surface area contributed by atoms with Crippen molar-refractivity contribution in [3.63, 3.8) is 0 Å². The Morgan fingerprint density at radius 2 is 1.95 bits per heavy atom. The fourth-order valence-corrected chi connectivity index (χ4v) is 2.91. The van der Waals surface area contributed by atoms with E-state index in [9.17, 15) is 0 Å². The fourth-order valence-electron chi connectivity index (χ4n) is 2.91. The largest absolute Gasteiger partial charge is 0.309 e. The Labute approximate surface area is 120 Å². The van der Waals surface area contributed by atoms with Gasteiger partial charge in [-0.2, -0.15) is 5.10 Å². The Morgan fingerprint density at radius 3 is 2.65 bits per heavy atom. The monoisotopic (exact) mass is 270 g/mol. The predicted molar refractivity (Wildman–Crippen MR) is 80.3 cm³/mol. The van der Waals surface area contributed by atoms with E-state index >= 15 is 0 Å². The van der Waals surface area contributed by atoms with Gasteiger partial charge in [0, 0.05) is 31.0 Å². The number of aromatic amines is 1. The molecule has 1 aromatic carbocycles. The maximum absolute atomic E-state index is 3.98. The summed E-state index contributed by atoms with van der Waals surface area (Å²) in [5.74, 6) is 0. The third-order valence-corrected chi connectivity index (χ3v) is 3.98. The first kappa shape index (κ1) is 13.3. The lowest BCUT2D eigenvalue weighted by Gasteiger charge is -2.28. The summed E-state index contributed by atoms with van der Waals surface area (Å²) in [7, 11) is 0. The van der Waals surface area contributed by atoms with E-state index in [4.69, 9.17) is 0 Å². The number of H-pyrrole nitrogens is 1. The van der Waals surface area contributed by atoms with Crippen LogP contribution < -0.4 is 5.32 Å². The smallest absolute Gasteiger partial charge is 0.0490 e. The number of hydrogen-bond donors (Lipinski definition) is 2. The highest BCUT2D eigenvalue weighted by Gasteiger charge is 2.22. The van der Waals surface area contributed by atoms with Crippen molar-refractivity contribution in [2.24, 2.45) is 0 Å². The zero-order valence-electron chi connectivity index (χ0n) is 11.8. The van der Waals surface area contributed by atoms with Crippen LogP contribution in [0, 0.1) is 0 Å². The Balaban J connectivity index is 1.63. The molecule has 0 aliphatic carbocycles. The molecule has 0 radical (unpaired) electrons.